The molecule has 6 nitrogen and oxygen atoms in total. The van der Waals surface area contributed by atoms with Gasteiger partial charge in [-0.15, -0.1) is 0 Å². The summed E-state index contributed by atoms with van der Waals surface area (Å²) in [6.45, 7) is 1.63. The second-order valence-electron chi connectivity index (χ2n) is 6.79. The van der Waals surface area contributed by atoms with Gasteiger partial charge >= 0.3 is 5.97 Å². The van der Waals surface area contributed by atoms with Crippen LogP contribution in [0.1, 0.15) is 29.5 Å². The molecular formula is C22H22N2O4. The summed E-state index contributed by atoms with van der Waals surface area (Å²) in [6.07, 6.45) is 2.23. The first-order chi connectivity index (χ1) is 13.5. The fourth-order valence-electron chi connectivity index (χ4n) is 3.06. The third-order valence-corrected chi connectivity index (χ3v) is 4.60. The molecule has 0 aliphatic heterocycles. The number of carbonyl (C=O) groups excluding carboxylic acids is 1. The van der Waals surface area contributed by atoms with E-state index < -0.39 is 17.8 Å². The summed E-state index contributed by atoms with van der Waals surface area (Å²) in [5, 5.41) is 15.6. The summed E-state index contributed by atoms with van der Waals surface area (Å²) in [6, 6.07) is 19.2. The predicted octanol–water partition coefficient (Wildman–Crippen LogP) is 3.79. The molecule has 3 rings (SSSR count). The number of carbonyl (C=O) groups is 2. The van der Waals surface area contributed by atoms with Gasteiger partial charge in [0, 0.05) is 12.1 Å². The second kappa shape index (κ2) is 8.99. The van der Waals surface area contributed by atoms with Crippen molar-refractivity contribution in [2.75, 3.05) is 0 Å². The smallest absolute Gasteiger partial charge is 0.306 e. The Hall–Kier alpha value is -3.41. The lowest BCUT2D eigenvalue weighted by molar-refractivity contribution is -0.141. The van der Waals surface area contributed by atoms with E-state index in [0.29, 0.717) is 12.8 Å². The summed E-state index contributed by atoms with van der Waals surface area (Å²) >= 11 is 0. The van der Waals surface area contributed by atoms with Gasteiger partial charge in [-0.25, -0.2) is 0 Å². The van der Waals surface area contributed by atoms with Crippen LogP contribution in [0.4, 0.5) is 0 Å². The monoisotopic (exact) mass is 378 g/mol. The number of hydrogen-bond donors (Lipinski definition) is 2. The van der Waals surface area contributed by atoms with Gasteiger partial charge in [0.2, 0.25) is 5.76 Å². The minimum atomic E-state index is -0.890. The fourth-order valence-corrected chi connectivity index (χ4v) is 3.06. The molecule has 6 heteroatoms. The molecule has 28 heavy (non-hydrogen) atoms. The highest BCUT2D eigenvalue weighted by Crippen LogP contribution is 2.20. The third-order valence-electron chi connectivity index (χ3n) is 4.60. The maximum Gasteiger partial charge on any atom is 0.306 e. The Balaban J connectivity index is 1.72. The zero-order valence-corrected chi connectivity index (χ0v) is 15.5. The first kappa shape index (κ1) is 19.4. The van der Waals surface area contributed by atoms with E-state index in [0.717, 1.165) is 16.7 Å². The number of benzene rings is 2. The van der Waals surface area contributed by atoms with E-state index in [9.17, 15) is 14.7 Å². The number of aromatic nitrogens is 1. The molecule has 0 fully saturated rings. The van der Waals surface area contributed by atoms with Crippen LogP contribution < -0.4 is 5.32 Å². The van der Waals surface area contributed by atoms with Crippen LogP contribution in [0.2, 0.25) is 0 Å². The Morgan fingerprint density at radius 3 is 2.32 bits per heavy atom. The molecule has 0 saturated carbocycles. The van der Waals surface area contributed by atoms with Crippen molar-refractivity contribution in [2.24, 2.45) is 5.92 Å². The topological polar surface area (TPSA) is 92.4 Å². The lowest BCUT2D eigenvalue weighted by Crippen LogP contribution is -2.38. The van der Waals surface area contributed by atoms with Crippen LogP contribution in [-0.4, -0.2) is 28.2 Å². The number of nitrogens with one attached hydrogen (secondary N) is 1. The number of carboxylic acid groups (broad SMARTS) is 1. The number of nitrogens with zero attached hydrogens (tertiary/aromatic N) is 1. The molecule has 0 aliphatic carbocycles. The lowest BCUT2D eigenvalue weighted by atomic mass is 9.95. The van der Waals surface area contributed by atoms with E-state index in [2.05, 4.69) is 10.5 Å². The van der Waals surface area contributed by atoms with Crippen LogP contribution in [0, 0.1) is 5.92 Å². The van der Waals surface area contributed by atoms with Crippen molar-refractivity contribution < 1.29 is 19.2 Å². The zero-order valence-electron chi connectivity index (χ0n) is 15.5. The average Bonchev–Trinajstić information content (AvgIpc) is 3.24. The molecule has 1 aromatic heterocycles. The van der Waals surface area contributed by atoms with Crippen molar-refractivity contribution in [3.8, 4) is 11.1 Å². The van der Waals surface area contributed by atoms with Gasteiger partial charge in [0.15, 0.2) is 0 Å². The maximum absolute atomic E-state index is 12.3. The molecule has 0 aliphatic rings. The van der Waals surface area contributed by atoms with E-state index in [4.69, 9.17) is 4.52 Å². The molecule has 2 N–H and O–H groups in total. The normalized spacial score (nSPS) is 12.9. The first-order valence-electron chi connectivity index (χ1n) is 9.11. The largest absolute Gasteiger partial charge is 0.481 e. The predicted molar refractivity (Wildman–Crippen MR) is 105 cm³/mol. The Labute approximate surface area is 163 Å². The van der Waals surface area contributed by atoms with E-state index in [1.807, 2.05) is 54.6 Å². The van der Waals surface area contributed by atoms with Gasteiger partial charge in [-0.05, 0) is 29.5 Å². The summed E-state index contributed by atoms with van der Waals surface area (Å²) in [5.74, 6) is -1.77. The molecule has 1 amide bonds. The molecule has 0 radical (unpaired) electrons. The number of carboxylic acids is 1. The van der Waals surface area contributed by atoms with Crippen LogP contribution >= 0.6 is 0 Å². The second-order valence-corrected chi connectivity index (χ2v) is 6.79. The number of rotatable bonds is 8. The van der Waals surface area contributed by atoms with Crippen molar-refractivity contribution in [2.45, 2.75) is 25.8 Å². The summed E-state index contributed by atoms with van der Waals surface area (Å²) in [7, 11) is 0. The van der Waals surface area contributed by atoms with Gasteiger partial charge < -0.3 is 14.9 Å². The van der Waals surface area contributed by atoms with Crippen LogP contribution in [-0.2, 0) is 11.2 Å². The summed E-state index contributed by atoms with van der Waals surface area (Å²) < 4.78 is 4.89. The quantitative estimate of drug-likeness (QED) is 0.622. The van der Waals surface area contributed by atoms with Crippen LogP contribution in [0.5, 0.6) is 0 Å². The fraction of sp³-hybridized carbons (Fsp3) is 0.227. The number of amides is 1. The molecular weight excluding hydrogens is 356 g/mol. The Morgan fingerprint density at radius 1 is 1.04 bits per heavy atom. The standard InChI is InChI=1S/C22H22N2O4/c1-15(22(26)27)13-19(24-21(25)20-11-12-23-28-20)14-16-7-9-18(10-8-16)17-5-3-2-4-6-17/h2-12,15,19H,13-14H2,1H3,(H,24,25)(H,26,27)/t15-,19?/m1/s1. The van der Waals surface area contributed by atoms with E-state index in [1.165, 1.54) is 12.3 Å². The number of aliphatic carboxylic acids is 1. The van der Waals surface area contributed by atoms with E-state index in [1.54, 1.807) is 6.92 Å². The van der Waals surface area contributed by atoms with Crippen molar-refractivity contribution in [1.82, 2.24) is 10.5 Å². The van der Waals surface area contributed by atoms with Gasteiger partial charge in [-0.1, -0.05) is 66.7 Å². The Kier molecular flexibility index (Phi) is 6.22. The SMILES string of the molecule is C[C@H](CC(Cc1ccc(-c2ccccc2)cc1)NC(=O)c1ccno1)C(=O)O. The highest BCUT2D eigenvalue weighted by atomic mass is 16.5. The zero-order chi connectivity index (χ0) is 19.9. The first-order valence-corrected chi connectivity index (χ1v) is 9.11. The van der Waals surface area contributed by atoms with Crippen molar-refractivity contribution >= 4 is 11.9 Å². The van der Waals surface area contributed by atoms with Crippen LogP contribution in [0.3, 0.4) is 0 Å². The minimum Gasteiger partial charge on any atom is -0.481 e. The average molecular weight is 378 g/mol. The van der Waals surface area contributed by atoms with Gasteiger partial charge in [-0.2, -0.15) is 0 Å². The molecule has 144 valence electrons. The minimum absolute atomic E-state index is 0.104. The molecule has 2 atom stereocenters. The van der Waals surface area contributed by atoms with Gasteiger partial charge in [0.1, 0.15) is 0 Å². The molecule has 0 bridgehead atoms. The van der Waals surface area contributed by atoms with E-state index >= 15 is 0 Å². The summed E-state index contributed by atoms with van der Waals surface area (Å²) in [4.78, 5) is 23.6. The molecule has 1 unspecified atom stereocenters. The lowest BCUT2D eigenvalue weighted by Gasteiger charge is -2.20. The van der Waals surface area contributed by atoms with E-state index in [-0.39, 0.29) is 11.8 Å². The third kappa shape index (κ3) is 5.07. The van der Waals surface area contributed by atoms with Crippen LogP contribution in [0.25, 0.3) is 11.1 Å². The molecule has 0 spiro atoms. The molecule has 3 aromatic rings. The van der Waals surface area contributed by atoms with Gasteiger partial charge in [0.25, 0.3) is 5.91 Å². The Bertz CT molecular complexity index is 905. The van der Waals surface area contributed by atoms with Gasteiger partial charge in [-0.3, -0.25) is 9.59 Å². The Morgan fingerprint density at radius 2 is 1.71 bits per heavy atom. The van der Waals surface area contributed by atoms with Gasteiger partial charge in [0.05, 0.1) is 12.1 Å². The maximum atomic E-state index is 12.3. The van der Waals surface area contributed by atoms with Crippen molar-refractivity contribution in [1.29, 1.82) is 0 Å². The number of hydrogen-bond acceptors (Lipinski definition) is 4. The highest BCUT2D eigenvalue weighted by Gasteiger charge is 2.22. The molecule has 1 heterocycles. The van der Waals surface area contributed by atoms with Crippen molar-refractivity contribution in [3.63, 3.8) is 0 Å². The van der Waals surface area contributed by atoms with Crippen LogP contribution in [0.15, 0.2) is 71.4 Å². The molecule has 2 aromatic carbocycles. The van der Waals surface area contributed by atoms with Crippen molar-refractivity contribution in [3.05, 3.63) is 78.2 Å². The molecule has 0 saturated heterocycles. The highest BCUT2D eigenvalue weighted by molar-refractivity contribution is 5.91. The summed E-state index contributed by atoms with van der Waals surface area (Å²) in [5.41, 5.74) is 3.24.